The minimum atomic E-state index is 0.248. The average molecular weight is 417 g/mol. The first kappa shape index (κ1) is 15.0. The van der Waals surface area contributed by atoms with Gasteiger partial charge in [0.15, 0.2) is 12.4 Å². The lowest BCUT2D eigenvalue weighted by Gasteiger charge is -2.11. The van der Waals surface area contributed by atoms with Crippen LogP contribution in [0, 0.1) is 6.92 Å². The van der Waals surface area contributed by atoms with Crippen LogP contribution < -0.4 is 10.1 Å². The number of aromatic nitrogens is 2. The van der Waals surface area contributed by atoms with E-state index in [9.17, 15) is 0 Å². The first-order valence-corrected chi connectivity index (χ1v) is 8.33. The van der Waals surface area contributed by atoms with Gasteiger partial charge in [-0.2, -0.15) is 4.98 Å². The van der Waals surface area contributed by atoms with E-state index >= 15 is 0 Å². The van der Waals surface area contributed by atoms with Crippen LogP contribution in [0.15, 0.2) is 25.6 Å². The molecule has 0 spiro atoms. The zero-order chi connectivity index (χ0) is 14.8. The molecule has 0 aliphatic heterocycles. The first-order valence-electron chi connectivity index (χ1n) is 6.75. The quantitative estimate of drug-likeness (QED) is 0.777. The van der Waals surface area contributed by atoms with Crippen molar-refractivity contribution in [1.29, 1.82) is 0 Å². The van der Waals surface area contributed by atoms with Gasteiger partial charge in [-0.15, -0.1) is 0 Å². The fourth-order valence-electron chi connectivity index (χ4n) is 1.93. The van der Waals surface area contributed by atoms with Crippen molar-refractivity contribution in [2.45, 2.75) is 39.0 Å². The van der Waals surface area contributed by atoms with Crippen LogP contribution in [-0.4, -0.2) is 16.2 Å². The summed E-state index contributed by atoms with van der Waals surface area (Å²) in [4.78, 5) is 4.12. The lowest BCUT2D eigenvalue weighted by molar-refractivity contribution is 0.240. The summed E-state index contributed by atoms with van der Waals surface area (Å²) in [6, 6.07) is 4.82. The highest BCUT2D eigenvalue weighted by atomic mass is 79.9. The Bertz CT molecular complexity index is 618. The minimum absolute atomic E-state index is 0.248. The van der Waals surface area contributed by atoms with Crippen LogP contribution in [0.3, 0.4) is 0 Å². The Labute approximate surface area is 139 Å². The van der Waals surface area contributed by atoms with E-state index in [2.05, 4.69) is 59.5 Å². The molecule has 1 aliphatic rings. The molecule has 2 aromatic rings. The van der Waals surface area contributed by atoms with E-state index in [4.69, 9.17) is 9.26 Å². The summed E-state index contributed by atoms with van der Waals surface area (Å²) in [5.41, 5.74) is 1.21. The van der Waals surface area contributed by atoms with Crippen LogP contribution in [0.25, 0.3) is 0 Å². The summed E-state index contributed by atoms with van der Waals surface area (Å²) in [6.07, 6.45) is 2.57. The maximum Gasteiger partial charge on any atom is 0.264 e. The molecular weight excluding hydrogens is 402 g/mol. The highest BCUT2D eigenvalue weighted by Crippen LogP contribution is 2.35. The van der Waals surface area contributed by atoms with Crippen molar-refractivity contribution in [2.75, 3.05) is 0 Å². The molecule has 0 saturated heterocycles. The van der Waals surface area contributed by atoms with Gasteiger partial charge in [0.1, 0.15) is 5.75 Å². The Morgan fingerprint density at radius 1 is 1.33 bits per heavy atom. The van der Waals surface area contributed by atoms with E-state index in [1.165, 1.54) is 18.4 Å². The van der Waals surface area contributed by atoms with Gasteiger partial charge in [-0.05, 0) is 69.3 Å². The third kappa shape index (κ3) is 4.05. The molecule has 1 saturated carbocycles. The molecule has 7 heteroatoms. The summed E-state index contributed by atoms with van der Waals surface area (Å²) in [7, 11) is 0. The average Bonchev–Trinajstić information content (AvgIpc) is 3.17. The van der Waals surface area contributed by atoms with Gasteiger partial charge < -0.3 is 14.6 Å². The van der Waals surface area contributed by atoms with Gasteiger partial charge in [-0.3, -0.25) is 0 Å². The van der Waals surface area contributed by atoms with E-state index in [-0.39, 0.29) is 6.61 Å². The van der Waals surface area contributed by atoms with Crippen molar-refractivity contribution in [2.24, 2.45) is 0 Å². The van der Waals surface area contributed by atoms with Gasteiger partial charge in [0, 0.05) is 12.6 Å². The molecule has 1 N–H and O–H groups in total. The van der Waals surface area contributed by atoms with Crippen LogP contribution >= 0.6 is 31.9 Å². The van der Waals surface area contributed by atoms with Gasteiger partial charge in [-0.25, -0.2) is 0 Å². The van der Waals surface area contributed by atoms with Crippen molar-refractivity contribution in [3.63, 3.8) is 0 Å². The van der Waals surface area contributed by atoms with Crippen LogP contribution in [0.2, 0.25) is 0 Å². The number of nitrogens with one attached hydrogen (secondary N) is 1. The Hall–Kier alpha value is -0.920. The molecule has 1 heterocycles. The van der Waals surface area contributed by atoms with E-state index in [1.54, 1.807) is 6.92 Å². The zero-order valence-corrected chi connectivity index (χ0v) is 14.7. The van der Waals surface area contributed by atoms with Gasteiger partial charge in [-0.1, -0.05) is 5.16 Å². The zero-order valence-electron chi connectivity index (χ0n) is 11.5. The SMILES string of the molecule is Cc1noc(COc2c(Br)cc(CNC3CC3)cc2Br)n1. The molecule has 1 aromatic heterocycles. The lowest BCUT2D eigenvalue weighted by Crippen LogP contribution is -2.15. The number of hydrogen-bond donors (Lipinski definition) is 1. The number of nitrogens with zero attached hydrogens (tertiary/aromatic N) is 2. The normalized spacial score (nSPS) is 14.4. The molecule has 1 aliphatic carbocycles. The topological polar surface area (TPSA) is 60.2 Å². The Morgan fingerprint density at radius 2 is 2.05 bits per heavy atom. The van der Waals surface area contributed by atoms with Crippen molar-refractivity contribution < 1.29 is 9.26 Å². The monoisotopic (exact) mass is 415 g/mol. The van der Waals surface area contributed by atoms with Crippen molar-refractivity contribution in [3.05, 3.63) is 38.4 Å². The number of halogens is 2. The lowest BCUT2D eigenvalue weighted by atomic mass is 10.2. The molecule has 112 valence electrons. The van der Waals surface area contributed by atoms with Crippen LogP contribution in [0.5, 0.6) is 5.75 Å². The standard InChI is InChI=1S/C14H15Br2N3O2/c1-8-18-13(21-19-8)7-20-14-11(15)4-9(5-12(14)16)6-17-10-2-3-10/h4-5,10,17H,2-3,6-7H2,1H3. The van der Waals surface area contributed by atoms with E-state index < -0.39 is 0 Å². The smallest absolute Gasteiger partial charge is 0.264 e. The largest absolute Gasteiger partial charge is 0.481 e. The maximum atomic E-state index is 5.75. The summed E-state index contributed by atoms with van der Waals surface area (Å²) < 4.78 is 12.6. The van der Waals surface area contributed by atoms with Crippen LogP contribution in [0.4, 0.5) is 0 Å². The van der Waals surface area contributed by atoms with E-state index in [0.717, 1.165) is 21.2 Å². The fraction of sp³-hybridized carbons (Fsp3) is 0.429. The first-order chi connectivity index (χ1) is 10.1. The second-order valence-electron chi connectivity index (χ2n) is 5.07. The Balaban J connectivity index is 1.66. The van der Waals surface area contributed by atoms with Gasteiger partial charge in [0.2, 0.25) is 0 Å². The molecule has 1 aromatic carbocycles. The summed E-state index contributed by atoms with van der Waals surface area (Å²) >= 11 is 7.10. The number of aryl methyl sites for hydroxylation is 1. The number of ether oxygens (including phenoxy) is 1. The van der Waals surface area contributed by atoms with Gasteiger partial charge in [0.05, 0.1) is 8.95 Å². The van der Waals surface area contributed by atoms with Crippen LogP contribution in [-0.2, 0) is 13.2 Å². The molecule has 0 bridgehead atoms. The number of rotatable bonds is 6. The van der Waals surface area contributed by atoms with Gasteiger partial charge in [0.25, 0.3) is 5.89 Å². The van der Waals surface area contributed by atoms with Crippen molar-refractivity contribution >= 4 is 31.9 Å². The minimum Gasteiger partial charge on any atom is -0.481 e. The predicted molar refractivity (Wildman–Crippen MR) is 85.1 cm³/mol. The maximum absolute atomic E-state index is 5.75. The molecular formula is C14H15Br2N3O2. The number of hydrogen-bond acceptors (Lipinski definition) is 5. The second-order valence-corrected chi connectivity index (χ2v) is 6.78. The third-order valence-electron chi connectivity index (χ3n) is 3.14. The highest BCUT2D eigenvalue weighted by molar-refractivity contribution is 9.11. The number of benzene rings is 1. The molecule has 21 heavy (non-hydrogen) atoms. The van der Waals surface area contributed by atoms with Crippen molar-refractivity contribution in [3.8, 4) is 5.75 Å². The second kappa shape index (κ2) is 6.46. The molecule has 1 fully saturated rings. The van der Waals surface area contributed by atoms with Crippen LogP contribution in [0.1, 0.15) is 30.1 Å². The Morgan fingerprint density at radius 3 is 2.62 bits per heavy atom. The summed E-state index contributed by atoms with van der Waals surface area (Å²) in [5, 5.41) is 7.23. The molecule has 0 unspecified atom stereocenters. The Kier molecular flexibility index (Phi) is 4.61. The molecule has 3 rings (SSSR count). The van der Waals surface area contributed by atoms with Crippen molar-refractivity contribution in [1.82, 2.24) is 15.5 Å². The fourth-order valence-corrected chi connectivity index (χ4v) is 3.44. The molecule has 0 atom stereocenters. The summed E-state index contributed by atoms with van der Waals surface area (Å²) in [5.74, 6) is 1.81. The van der Waals surface area contributed by atoms with E-state index in [1.807, 2.05) is 0 Å². The summed E-state index contributed by atoms with van der Waals surface area (Å²) in [6.45, 7) is 2.89. The molecule has 5 nitrogen and oxygen atoms in total. The van der Waals surface area contributed by atoms with E-state index in [0.29, 0.717) is 17.8 Å². The van der Waals surface area contributed by atoms with Gasteiger partial charge >= 0.3 is 0 Å². The predicted octanol–water partition coefficient (Wildman–Crippen LogP) is 3.73. The molecule has 0 radical (unpaired) electrons. The highest BCUT2D eigenvalue weighted by Gasteiger charge is 2.20. The molecule has 0 amide bonds. The third-order valence-corrected chi connectivity index (χ3v) is 4.32.